The monoisotopic (exact) mass is 359 g/mol. The predicted octanol–water partition coefficient (Wildman–Crippen LogP) is 1.51. The smallest absolute Gasteiger partial charge is 0.276 e. The molecule has 2 aromatic carbocycles. The van der Waals surface area contributed by atoms with E-state index in [-0.39, 0.29) is 18.9 Å². The zero-order valence-corrected chi connectivity index (χ0v) is 13.9. The molecule has 2 rings (SSSR count). The van der Waals surface area contributed by atoms with E-state index >= 15 is 0 Å². The molecule has 0 spiro atoms. The number of nitrogens with zero attached hydrogens (tertiary/aromatic N) is 1. The van der Waals surface area contributed by atoms with E-state index in [2.05, 4.69) is 10.9 Å². The van der Waals surface area contributed by atoms with Crippen molar-refractivity contribution in [2.24, 2.45) is 0 Å². The molecule has 0 saturated carbocycles. The summed E-state index contributed by atoms with van der Waals surface area (Å²) in [4.78, 5) is 33.2. The van der Waals surface area contributed by atoms with Crippen LogP contribution in [0.1, 0.15) is 5.56 Å². The van der Waals surface area contributed by atoms with Crippen molar-refractivity contribution >= 4 is 17.5 Å². The highest BCUT2D eigenvalue weighted by atomic mass is 16.6. The second-order valence-corrected chi connectivity index (χ2v) is 5.24. The molecule has 0 aromatic heterocycles. The fraction of sp³-hybridized carbons (Fsp3) is 0.176. The van der Waals surface area contributed by atoms with E-state index in [1.165, 1.54) is 24.3 Å². The molecule has 2 aromatic rings. The summed E-state index contributed by atoms with van der Waals surface area (Å²) in [5.74, 6) is -0.292. The number of amides is 2. The summed E-state index contributed by atoms with van der Waals surface area (Å²) in [6.45, 7) is 1.31. The first-order chi connectivity index (χ1) is 12.4. The molecule has 9 nitrogen and oxygen atoms in total. The first kappa shape index (κ1) is 18.7. The minimum absolute atomic E-state index is 0.0809. The van der Waals surface area contributed by atoms with Crippen LogP contribution in [0.5, 0.6) is 11.5 Å². The number of nitro groups is 1. The number of hydrogen-bond donors (Lipinski definition) is 2. The summed E-state index contributed by atoms with van der Waals surface area (Å²) in [6, 6.07) is 12.4. The number of hydrogen-bond acceptors (Lipinski definition) is 6. The Morgan fingerprint density at radius 1 is 0.885 bits per heavy atom. The van der Waals surface area contributed by atoms with Crippen LogP contribution in [0.15, 0.2) is 48.5 Å². The zero-order valence-electron chi connectivity index (χ0n) is 13.9. The molecule has 0 radical (unpaired) electrons. The van der Waals surface area contributed by atoms with Crippen molar-refractivity contribution < 1.29 is 24.0 Å². The van der Waals surface area contributed by atoms with Crippen LogP contribution in [-0.4, -0.2) is 30.0 Å². The lowest BCUT2D eigenvalue weighted by Gasteiger charge is -2.09. The Bertz CT molecular complexity index is 774. The van der Waals surface area contributed by atoms with Gasteiger partial charge in [-0.1, -0.05) is 17.7 Å². The van der Waals surface area contributed by atoms with Gasteiger partial charge in [0.2, 0.25) is 0 Å². The maximum Gasteiger partial charge on any atom is 0.276 e. The van der Waals surface area contributed by atoms with Crippen LogP contribution in [-0.2, 0) is 9.59 Å². The average Bonchev–Trinajstić information content (AvgIpc) is 2.64. The van der Waals surface area contributed by atoms with Crippen LogP contribution in [0, 0.1) is 17.0 Å². The third-order valence-corrected chi connectivity index (χ3v) is 3.15. The standard InChI is InChI=1S/C17H17N3O6/c1-12-2-6-14(7-3-12)25-10-16(21)18-19-17(22)11-26-15-8-4-13(5-9-15)20(23)24/h2-9H,10-11H2,1H3,(H,18,21)(H,19,22). The number of carbonyl (C=O) groups is 2. The lowest BCUT2D eigenvalue weighted by Crippen LogP contribution is -2.45. The highest BCUT2D eigenvalue weighted by Gasteiger charge is 2.08. The zero-order chi connectivity index (χ0) is 18.9. The van der Waals surface area contributed by atoms with E-state index in [9.17, 15) is 19.7 Å². The van der Waals surface area contributed by atoms with Gasteiger partial charge in [0.25, 0.3) is 17.5 Å². The molecular weight excluding hydrogens is 342 g/mol. The highest BCUT2D eigenvalue weighted by Crippen LogP contribution is 2.17. The van der Waals surface area contributed by atoms with Crippen LogP contribution in [0.25, 0.3) is 0 Å². The maximum atomic E-state index is 11.6. The molecule has 0 aliphatic rings. The lowest BCUT2D eigenvalue weighted by molar-refractivity contribution is -0.384. The molecule has 0 aliphatic carbocycles. The van der Waals surface area contributed by atoms with Crippen molar-refractivity contribution in [2.75, 3.05) is 13.2 Å². The van der Waals surface area contributed by atoms with Crippen molar-refractivity contribution in [2.45, 2.75) is 6.92 Å². The van der Waals surface area contributed by atoms with Gasteiger partial charge in [-0.15, -0.1) is 0 Å². The molecule has 0 saturated heterocycles. The van der Waals surface area contributed by atoms with Gasteiger partial charge in [0.1, 0.15) is 11.5 Å². The Kier molecular flexibility index (Phi) is 6.49. The van der Waals surface area contributed by atoms with Crippen molar-refractivity contribution in [3.63, 3.8) is 0 Å². The van der Waals surface area contributed by atoms with Crippen LogP contribution in [0.4, 0.5) is 5.69 Å². The Balaban J connectivity index is 1.66. The maximum absolute atomic E-state index is 11.6. The molecule has 0 unspecified atom stereocenters. The fourth-order valence-corrected chi connectivity index (χ4v) is 1.81. The number of carbonyl (C=O) groups excluding carboxylic acids is 2. The Hall–Kier alpha value is -3.62. The van der Waals surface area contributed by atoms with E-state index in [0.29, 0.717) is 11.5 Å². The van der Waals surface area contributed by atoms with Crippen LogP contribution in [0.2, 0.25) is 0 Å². The summed E-state index contributed by atoms with van der Waals surface area (Å²) in [7, 11) is 0. The van der Waals surface area contributed by atoms with Crippen LogP contribution in [0.3, 0.4) is 0 Å². The van der Waals surface area contributed by atoms with E-state index in [0.717, 1.165) is 5.56 Å². The number of nitrogens with one attached hydrogen (secondary N) is 2. The van der Waals surface area contributed by atoms with Gasteiger partial charge in [-0.25, -0.2) is 0 Å². The molecule has 0 fully saturated rings. The summed E-state index contributed by atoms with van der Waals surface area (Å²) >= 11 is 0. The first-order valence-corrected chi connectivity index (χ1v) is 7.58. The number of nitro benzene ring substituents is 1. The summed E-state index contributed by atoms with van der Waals surface area (Å²) in [6.07, 6.45) is 0. The van der Waals surface area contributed by atoms with Crippen molar-refractivity contribution in [3.05, 3.63) is 64.2 Å². The molecule has 2 amide bonds. The molecule has 0 aliphatic heterocycles. The second kappa shape index (κ2) is 9.02. The third-order valence-electron chi connectivity index (χ3n) is 3.15. The molecule has 136 valence electrons. The molecule has 26 heavy (non-hydrogen) atoms. The number of aryl methyl sites for hydroxylation is 1. The summed E-state index contributed by atoms with van der Waals surface area (Å²) in [5, 5.41) is 10.5. The van der Waals surface area contributed by atoms with Gasteiger partial charge < -0.3 is 9.47 Å². The topological polar surface area (TPSA) is 120 Å². The van der Waals surface area contributed by atoms with Gasteiger partial charge in [0.05, 0.1) is 4.92 Å². The minimum Gasteiger partial charge on any atom is -0.484 e. The molecule has 9 heteroatoms. The van der Waals surface area contributed by atoms with Gasteiger partial charge >= 0.3 is 0 Å². The van der Waals surface area contributed by atoms with Gasteiger partial charge in [0, 0.05) is 12.1 Å². The van der Waals surface area contributed by atoms with Crippen molar-refractivity contribution in [3.8, 4) is 11.5 Å². The minimum atomic E-state index is -0.591. The van der Waals surface area contributed by atoms with Crippen molar-refractivity contribution in [1.29, 1.82) is 0 Å². The number of non-ortho nitro benzene ring substituents is 1. The first-order valence-electron chi connectivity index (χ1n) is 7.58. The quantitative estimate of drug-likeness (QED) is 0.571. The van der Waals surface area contributed by atoms with Crippen LogP contribution < -0.4 is 20.3 Å². The number of hydrazine groups is 1. The van der Waals surface area contributed by atoms with Crippen molar-refractivity contribution in [1.82, 2.24) is 10.9 Å². The molecular formula is C17H17N3O6. The van der Waals surface area contributed by atoms with Crippen LogP contribution >= 0.6 is 0 Å². The number of rotatable bonds is 7. The summed E-state index contributed by atoms with van der Waals surface area (Å²) < 4.78 is 10.4. The number of ether oxygens (including phenoxy) is 2. The van der Waals surface area contributed by atoms with Gasteiger partial charge in [0.15, 0.2) is 13.2 Å². The SMILES string of the molecule is Cc1ccc(OCC(=O)NNC(=O)COc2ccc([N+](=O)[O-])cc2)cc1. The molecule has 0 bridgehead atoms. The summed E-state index contributed by atoms with van der Waals surface area (Å²) in [5.41, 5.74) is 5.36. The van der Waals surface area contributed by atoms with E-state index in [4.69, 9.17) is 9.47 Å². The van der Waals surface area contributed by atoms with E-state index < -0.39 is 16.7 Å². The molecule has 2 N–H and O–H groups in total. The number of benzene rings is 2. The van der Waals surface area contributed by atoms with E-state index in [1.54, 1.807) is 12.1 Å². The third kappa shape index (κ3) is 6.11. The molecule has 0 atom stereocenters. The Morgan fingerprint density at radius 2 is 1.31 bits per heavy atom. The Morgan fingerprint density at radius 3 is 1.73 bits per heavy atom. The van der Waals surface area contributed by atoms with Gasteiger partial charge in [-0.2, -0.15) is 0 Å². The van der Waals surface area contributed by atoms with Gasteiger partial charge in [-0.3, -0.25) is 30.6 Å². The fourth-order valence-electron chi connectivity index (χ4n) is 1.81. The van der Waals surface area contributed by atoms with Gasteiger partial charge in [-0.05, 0) is 31.2 Å². The Labute approximate surface area is 149 Å². The lowest BCUT2D eigenvalue weighted by atomic mass is 10.2. The largest absolute Gasteiger partial charge is 0.484 e. The average molecular weight is 359 g/mol. The second-order valence-electron chi connectivity index (χ2n) is 5.24. The molecule has 0 heterocycles. The highest BCUT2D eigenvalue weighted by molar-refractivity contribution is 5.83. The van der Waals surface area contributed by atoms with E-state index in [1.807, 2.05) is 19.1 Å². The normalized spacial score (nSPS) is 9.88. The predicted molar refractivity (Wildman–Crippen MR) is 91.6 cm³/mol.